The van der Waals surface area contributed by atoms with Crippen LogP contribution in [0.25, 0.3) is 0 Å². The molecule has 0 radical (unpaired) electrons. The number of rotatable bonds is 9. The van der Waals surface area contributed by atoms with Gasteiger partial charge in [0.1, 0.15) is 35.5 Å². The first-order valence-corrected chi connectivity index (χ1v) is 11.8. The number of carbonyl (C=O) groups is 2. The maximum absolute atomic E-state index is 12.4. The van der Waals surface area contributed by atoms with E-state index in [-0.39, 0.29) is 18.8 Å². The van der Waals surface area contributed by atoms with Gasteiger partial charge in [0.25, 0.3) is 0 Å². The van der Waals surface area contributed by atoms with Crippen LogP contribution in [0.15, 0.2) is 66.7 Å². The van der Waals surface area contributed by atoms with Crippen LogP contribution in [0.2, 0.25) is 0 Å². The predicted octanol–water partition coefficient (Wildman–Crippen LogP) is 5.45. The van der Waals surface area contributed by atoms with E-state index in [1.807, 2.05) is 12.1 Å². The molecule has 0 amide bonds. The number of benzene rings is 3. The summed E-state index contributed by atoms with van der Waals surface area (Å²) < 4.78 is 22.3. The Morgan fingerprint density at radius 3 is 2.19 bits per heavy atom. The molecule has 0 saturated carbocycles. The normalized spacial score (nSPS) is 11.7. The van der Waals surface area contributed by atoms with Gasteiger partial charge in [0, 0.05) is 6.07 Å². The Bertz CT molecular complexity index is 1270. The molecule has 0 bridgehead atoms. The first kappa shape index (κ1) is 27.2. The summed E-state index contributed by atoms with van der Waals surface area (Å²) in [6.45, 7) is 7.52. The minimum Gasteiger partial charge on any atom is -0.489 e. The van der Waals surface area contributed by atoms with Crippen molar-refractivity contribution < 1.29 is 28.5 Å². The molecule has 3 aromatic rings. The lowest BCUT2D eigenvalue weighted by Gasteiger charge is -2.22. The summed E-state index contributed by atoms with van der Waals surface area (Å²) in [5.41, 5.74) is 7.67. The second-order valence-corrected chi connectivity index (χ2v) is 9.19. The van der Waals surface area contributed by atoms with E-state index in [0.717, 1.165) is 5.56 Å². The summed E-state index contributed by atoms with van der Waals surface area (Å²) in [7, 11) is 0. The highest BCUT2D eigenvalue weighted by molar-refractivity contribution is 5.90. The number of carbonyl (C=O) groups excluding carboxylic acids is 2. The van der Waals surface area contributed by atoms with E-state index in [1.165, 1.54) is 0 Å². The van der Waals surface area contributed by atoms with Crippen LogP contribution in [-0.4, -0.2) is 24.1 Å². The predicted molar refractivity (Wildman–Crippen MR) is 137 cm³/mol. The standard InChI is InChI=1S/C29H30N2O6/c1-5-34-27(32)22-14-24(16-25(15-22)36-23-12-8-19(17-30)9-13-23)35-18-20-6-10-21(11-7-20)26(31)28(33)37-29(2,3)4/h6-16,26H,5,18,31H2,1-4H3. The fraction of sp³-hybridized carbons (Fsp3) is 0.276. The topological polar surface area (TPSA) is 121 Å². The summed E-state index contributed by atoms with van der Waals surface area (Å²) in [4.78, 5) is 24.6. The van der Waals surface area contributed by atoms with Crippen LogP contribution < -0.4 is 15.2 Å². The third-order valence-electron chi connectivity index (χ3n) is 5.02. The third kappa shape index (κ3) is 8.09. The number of nitrogens with zero attached hydrogens (tertiary/aromatic N) is 1. The molecule has 192 valence electrons. The Morgan fingerprint density at radius 1 is 0.946 bits per heavy atom. The van der Waals surface area contributed by atoms with E-state index >= 15 is 0 Å². The SMILES string of the molecule is CCOC(=O)c1cc(OCc2ccc(C(N)C(=O)OC(C)(C)C)cc2)cc(Oc2ccc(C#N)cc2)c1. The van der Waals surface area contributed by atoms with Crippen molar-refractivity contribution in [2.24, 2.45) is 5.73 Å². The molecule has 0 heterocycles. The van der Waals surface area contributed by atoms with Gasteiger partial charge in [0.2, 0.25) is 0 Å². The van der Waals surface area contributed by atoms with Crippen molar-refractivity contribution in [3.63, 3.8) is 0 Å². The van der Waals surface area contributed by atoms with E-state index < -0.39 is 23.6 Å². The molecule has 0 spiro atoms. The minimum atomic E-state index is -0.891. The molecular formula is C29H30N2O6. The molecule has 0 saturated heterocycles. The average molecular weight is 503 g/mol. The Hall–Kier alpha value is -4.35. The summed E-state index contributed by atoms with van der Waals surface area (Å²) >= 11 is 0. The second-order valence-electron chi connectivity index (χ2n) is 9.19. The van der Waals surface area contributed by atoms with Gasteiger partial charge in [-0.1, -0.05) is 24.3 Å². The summed E-state index contributed by atoms with van der Waals surface area (Å²) in [5, 5.41) is 8.98. The molecule has 8 heteroatoms. The quantitative estimate of drug-likeness (QED) is 0.384. The molecule has 1 atom stereocenters. The molecule has 1 unspecified atom stereocenters. The number of nitrogens with two attached hydrogens (primary N) is 1. The number of esters is 2. The van der Waals surface area contributed by atoms with Crippen LogP contribution in [-0.2, 0) is 20.9 Å². The molecule has 37 heavy (non-hydrogen) atoms. The van der Waals surface area contributed by atoms with E-state index in [2.05, 4.69) is 6.07 Å². The summed E-state index contributed by atoms with van der Waals surface area (Å²) in [6, 6.07) is 19.7. The van der Waals surface area contributed by atoms with Gasteiger partial charge in [-0.15, -0.1) is 0 Å². The van der Waals surface area contributed by atoms with Crippen molar-refractivity contribution in [2.75, 3.05) is 6.61 Å². The molecule has 0 aliphatic rings. The van der Waals surface area contributed by atoms with Crippen LogP contribution in [0, 0.1) is 11.3 Å². The van der Waals surface area contributed by atoms with Crippen molar-refractivity contribution >= 4 is 11.9 Å². The Morgan fingerprint density at radius 2 is 1.59 bits per heavy atom. The second kappa shape index (κ2) is 12.1. The molecule has 0 aliphatic carbocycles. The highest BCUT2D eigenvalue weighted by Gasteiger charge is 2.23. The van der Waals surface area contributed by atoms with E-state index in [1.54, 1.807) is 82.3 Å². The van der Waals surface area contributed by atoms with Gasteiger partial charge in [-0.3, -0.25) is 0 Å². The summed E-state index contributed by atoms with van der Waals surface area (Å²) in [5.74, 6) is 0.288. The first-order chi connectivity index (χ1) is 17.6. The molecule has 0 aromatic heterocycles. The number of hydrogen-bond donors (Lipinski definition) is 1. The van der Waals surface area contributed by atoms with Crippen molar-refractivity contribution in [1.82, 2.24) is 0 Å². The van der Waals surface area contributed by atoms with Gasteiger partial charge in [-0.2, -0.15) is 5.26 Å². The van der Waals surface area contributed by atoms with Gasteiger partial charge >= 0.3 is 11.9 Å². The fourth-order valence-electron chi connectivity index (χ4n) is 3.27. The largest absolute Gasteiger partial charge is 0.489 e. The van der Waals surface area contributed by atoms with Crippen molar-refractivity contribution in [3.05, 3.63) is 89.0 Å². The zero-order chi connectivity index (χ0) is 27.0. The Labute approximate surface area is 216 Å². The molecule has 3 rings (SSSR count). The zero-order valence-electron chi connectivity index (χ0n) is 21.3. The van der Waals surface area contributed by atoms with Gasteiger partial charge in [0.15, 0.2) is 0 Å². The zero-order valence-corrected chi connectivity index (χ0v) is 21.3. The summed E-state index contributed by atoms with van der Waals surface area (Å²) in [6.07, 6.45) is 0. The van der Waals surface area contributed by atoms with Gasteiger partial charge in [-0.25, -0.2) is 9.59 Å². The number of nitriles is 1. The maximum Gasteiger partial charge on any atom is 0.338 e. The highest BCUT2D eigenvalue weighted by Crippen LogP contribution is 2.29. The molecule has 0 aliphatic heterocycles. The lowest BCUT2D eigenvalue weighted by Crippen LogP contribution is -2.31. The van der Waals surface area contributed by atoms with Gasteiger partial charge in [-0.05, 0) is 75.2 Å². The highest BCUT2D eigenvalue weighted by atomic mass is 16.6. The lowest BCUT2D eigenvalue weighted by atomic mass is 10.1. The Balaban J connectivity index is 1.73. The number of ether oxygens (including phenoxy) is 4. The van der Waals surface area contributed by atoms with Crippen molar-refractivity contribution in [2.45, 2.75) is 45.9 Å². The molecule has 2 N–H and O–H groups in total. The van der Waals surface area contributed by atoms with Crippen molar-refractivity contribution in [3.8, 4) is 23.3 Å². The molecule has 3 aromatic carbocycles. The van der Waals surface area contributed by atoms with Crippen LogP contribution in [0.5, 0.6) is 17.2 Å². The maximum atomic E-state index is 12.4. The number of hydrogen-bond acceptors (Lipinski definition) is 8. The van der Waals surface area contributed by atoms with Crippen LogP contribution >= 0.6 is 0 Å². The van der Waals surface area contributed by atoms with Crippen LogP contribution in [0.1, 0.15) is 60.8 Å². The Kier molecular flexibility index (Phi) is 8.88. The fourth-order valence-corrected chi connectivity index (χ4v) is 3.27. The smallest absolute Gasteiger partial charge is 0.338 e. The van der Waals surface area contributed by atoms with Gasteiger partial charge in [0.05, 0.1) is 23.8 Å². The minimum absolute atomic E-state index is 0.199. The van der Waals surface area contributed by atoms with E-state index in [4.69, 9.17) is 29.9 Å². The molecule has 0 fully saturated rings. The third-order valence-corrected chi connectivity index (χ3v) is 5.02. The first-order valence-electron chi connectivity index (χ1n) is 11.8. The van der Waals surface area contributed by atoms with Crippen LogP contribution in [0.3, 0.4) is 0 Å². The van der Waals surface area contributed by atoms with E-state index in [0.29, 0.717) is 28.4 Å². The van der Waals surface area contributed by atoms with E-state index in [9.17, 15) is 9.59 Å². The van der Waals surface area contributed by atoms with Crippen molar-refractivity contribution in [1.29, 1.82) is 5.26 Å². The van der Waals surface area contributed by atoms with Crippen LogP contribution in [0.4, 0.5) is 0 Å². The van der Waals surface area contributed by atoms with Gasteiger partial charge < -0.3 is 24.7 Å². The molecular weight excluding hydrogens is 472 g/mol. The lowest BCUT2D eigenvalue weighted by molar-refractivity contribution is -0.156. The average Bonchev–Trinajstić information content (AvgIpc) is 2.87. The molecule has 8 nitrogen and oxygen atoms in total. The monoisotopic (exact) mass is 502 g/mol.